The van der Waals surface area contributed by atoms with Crippen molar-refractivity contribution in [3.63, 3.8) is 0 Å². The van der Waals surface area contributed by atoms with E-state index in [9.17, 15) is 18.0 Å². The molecule has 2 aromatic carbocycles. The van der Waals surface area contributed by atoms with E-state index in [1.54, 1.807) is 11.0 Å². The molecule has 8 heteroatoms. The lowest BCUT2D eigenvalue weighted by Gasteiger charge is -2.31. The summed E-state index contributed by atoms with van der Waals surface area (Å²) in [6, 6.07) is 12.9. The number of nitrogens with zero attached hydrogens (tertiary/aromatic N) is 2. The number of benzene rings is 2. The third-order valence-corrected chi connectivity index (χ3v) is 7.63. The van der Waals surface area contributed by atoms with Crippen molar-refractivity contribution in [3.8, 4) is 0 Å². The second-order valence-corrected chi connectivity index (χ2v) is 12.2. The Morgan fingerprint density at radius 2 is 1.70 bits per heavy atom. The zero-order valence-corrected chi connectivity index (χ0v) is 24.2. The van der Waals surface area contributed by atoms with E-state index in [0.717, 1.165) is 22.3 Å². The summed E-state index contributed by atoms with van der Waals surface area (Å²) in [7, 11) is -3.52. The Morgan fingerprint density at radius 3 is 2.27 bits per heavy atom. The van der Waals surface area contributed by atoms with Gasteiger partial charge in [0.05, 0.1) is 11.9 Å². The first-order valence-corrected chi connectivity index (χ1v) is 14.9. The van der Waals surface area contributed by atoms with Crippen LogP contribution in [0.4, 0.5) is 5.69 Å². The molecular weight excluding hydrogens is 486 g/mol. The first kappa shape index (κ1) is 30.4. The van der Waals surface area contributed by atoms with Crippen molar-refractivity contribution in [2.75, 3.05) is 23.7 Å². The van der Waals surface area contributed by atoms with Gasteiger partial charge in [0.1, 0.15) is 6.04 Å². The molecule has 204 valence electrons. The second kappa shape index (κ2) is 13.6. The molecule has 0 saturated carbocycles. The summed E-state index contributed by atoms with van der Waals surface area (Å²) in [6.07, 6.45) is 2.14. The minimum absolute atomic E-state index is 0.136. The highest BCUT2D eigenvalue weighted by Gasteiger charge is 2.29. The van der Waals surface area contributed by atoms with Gasteiger partial charge in [0.15, 0.2) is 0 Å². The van der Waals surface area contributed by atoms with Gasteiger partial charge in [-0.25, -0.2) is 8.42 Å². The van der Waals surface area contributed by atoms with Crippen LogP contribution in [-0.2, 0) is 26.2 Å². The van der Waals surface area contributed by atoms with Crippen molar-refractivity contribution in [3.05, 3.63) is 64.7 Å². The summed E-state index contributed by atoms with van der Waals surface area (Å²) in [5.41, 5.74) is 4.72. The number of rotatable bonds is 13. The molecule has 0 spiro atoms. The van der Waals surface area contributed by atoms with Crippen LogP contribution in [0, 0.1) is 26.7 Å². The number of nitrogens with one attached hydrogen (secondary N) is 1. The van der Waals surface area contributed by atoms with Crippen LogP contribution in [0.1, 0.15) is 62.3 Å². The van der Waals surface area contributed by atoms with Gasteiger partial charge in [-0.2, -0.15) is 0 Å². The van der Waals surface area contributed by atoms with E-state index in [1.165, 1.54) is 10.6 Å². The molecule has 0 aliphatic heterocycles. The molecule has 1 N–H and O–H groups in total. The molecule has 0 aromatic heterocycles. The van der Waals surface area contributed by atoms with E-state index in [1.807, 2.05) is 77.9 Å². The lowest BCUT2D eigenvalue weighted by atomic mass is 10.1. The number of amides is 2. The highest BCUT2D eigenvalue weighted by Crippen LogP contribution is 2.22. The molecule has 2 rings (SSSR count). The van der Waals surface area contributed by atoms with Crippen molar-refractivity contribution in [1.82, 2.24) is 10.2 Å². The summed E-state index contributed by atoms with van der Waals surface area (Å²) >= 11 is 0. The maximum Gasteiger partial charge on any atom is 0.242 e. The largest absolute Gasteiger partial charge is 0.354 e. The first-order valence-electron chi connectivity index (χ1n) is 13.0. The number of sulfonamides is 1. The fourth-order valence-electron chi connectivity index (χ4n) is 4.23. The molecule has 0 saturated heterocycles. The molecule has 37 heavy (non-hydrogen) atoms. The molecule has 0 fully saturated rings. The molecule has 0 aliphatic rings. The topological polar surface area (TPSA) is 86.8 Å². The van der Waals surface area contributed by atoms with Crippen LogP contribution in [0.25, 0.3) is 0 Å². The Kier molecular flexibility index (Phi) is 11.2. The quantitative estimate of drug-likeness (QED) is 0.406. The van der Waals surface area contributed by atoms with Gasteiger partial charge in [-0.3, -0.25) is 13.9 Å². The summed E-state index contributed by atoms with van der Waals surface area (Å²) < 4.78 is 26.5. The number of aryl methyl sites for hydroxylation is 3. The van der Waals surface area contributed by atoms with E-state index in [0.29, 0.717) is 37.5 Å². The summed E-state index contributed by atoms with van der Waals surface area (Å²) in [5.74, 6) is -0.0264. The molecule has 0 unspecified atom stereocenters. The second-order valence-electron chi connectivity index (χ2n) is 10.3. The van der Waals surface area contributed by atoms with Gasteiger partial charge >= 0.3 is 0 Å². The number of carbonyl (C=O) groups excluding carboxylic acids is 2. The lowest BCUT2D eigenvalue weighted by Crippen LogP contribution is -2.49. The van der Waals surface area contributed by atoms with Crippen LogP contribution in [0.15, 0.2) is 42.5 Å². The lowest BCUT2D eigenvalue weighted by molar-refractivity contribution is -0.141. The summed E-state index contributed by atoms with van der Waals surface area (Å²) in [6.45, 7) is 12.9. The minimum atomic E-state index is -3.52. The average Bonchev–Trinajstić information content (AvgIpc) is 2.81. The molecule has 1 atom stereocenters. The van der Waals surface area contributed by atoms with Gasteiger partial charge in [-0.05, 0) is 68.4 Å². The summed E-state index contributed by atoms with van der Waals surface area (Å²) in [5, 5.41) is 2.97. The van der Waals surface area contributed by atoms with Gasteiger partial charge in [0, 0.05) is 26.1 Å². The molecule has 7 nitrogen and oxygen atoms in total. The fourth-order valence-corrected chi connectivity index (χ4v) is 5.19. The van der Waals surface area contributed by atoms with Crippen LogP contribution in [-0.4, -0.2) is 50.5 Å². The van der Waals surface area contributed by atoms with E-state index >= 15 is 0 Å². The van der Waals surface area contributed by atoms with Crippen LogP contribution >= 0.6 is 0 Å². The predicted octanol–water partition coefficient (Wildman–Crippen LogP) is 4.74. The van der Waals surface area contributed by atoms with Gasteiger partial charge in [-0.1, -0.05) is 56.7 Å². The molecular formula is C29H43N3O4S. The third-order valence-electron chi connectivity index (χ3n) is 6.44. The normalized spacial score (nSPS) is 12.3. The Balaban J connectivity index is 2.23. The van der Waals surface area contributed by atoms with Gasteiger partial charge in [0.25, 0.3) is 0 Å². The maximum absolute atomic E-state index is 13.5. The highest BCUT2D eigenvalue weighted by atomic mass is 32.2. The van der Waals surface area contributed by atoms with Crippen LogP contribution in [0.2, 0.25) is 0 Å². The Hall–Kier alpha value is -2.87. The predicted molar refractivity (Wildman–Crippen MR) is 151 cm³/mol. The first-order chi connectivity index (χ1) is 17.3. The van der Waals surface area contributed by atoms with Crippen molar-refractivity contribution in [1.29, 1.82) is 0 Å². The van der Waals surface area contributed by atoms with Crippen LogP contribution < -0.4 is 9.62 Å². The van der Waals surface area contributed by atoms with E-state index in [2.05, 4.69) is 5.32 Å². The monoisotopic (exact) mass is 529 g/mol. The molecule has 2 amide bonds. The number of hydrogen-bond donors (Lipinski definition) is 1. The highest BCUT2D eigenvalue weighted by molar-refractivity contribution is 7.92. The van der Waals surface area contributed by atoms with Crippen molar-refractivity contribution in [2.24, 2.45) is 5.92 Å². The third kappa shape index (κ3) is 9.18. The van der Waals surface area contributed by atoms with Crippen molar-refractivity contribution >= 4 is 27.5 Å². The van der Waals surface area contributed by atoms with E-state index in [4.69, 9.17) is 0 Å². The average molecular weight is 530 g/mol. The van der Waals surface area contributed by atoms with Gasteiger partial charge in [0.2, 0.25) is 21.8 Å². The minimum Gasteiger partial charge on any atom is -0.354 e. The maximum atomic E-state index is 13.5. The number of carbonyl (C=O) groups is 2. The van der Waals surface area contributed by atoms with Crippen molar-refractivity contribution in [2.45, 2.75) is 73.4 Å². The molecule has 0 radical (unpaired) electrons. The van der Waals surface area contributed by atoms with E-state index in [-0.39, 0.29) is 24.8 Å². The SMILES string of the molecule is CC[C@@H](C(=O)NCC(C)C)N(Cc1cccc(C)c1)C(=O)CCCN(c1ccc(C)c(C)c1)S(C)(=O)=O. The van der Waals surface area contributed by atoms with E-state index < -0.39 is 16.1 Å². The molecule has 2 aromatic rings. The zero-order valence-electron chi connectivity index (χ0n) is 23.4. The smallest absolute Gasteiger partial charge is 0.242 e. The van der Waals surface area contributed by atoms with Gasteiger partial charge < -0.3 is 10.2 Å². The number of hydrogen-bond acceptors (Lipinski definition) is 4. The fraction of sp³-hybridized carbons (Fsp3) is 0.517. The van der Waals surface area contributed by atoms with Crippen molar-refractivity contribution < 1.29 is 18.0 Å². The Bertz CT molecular complexity index is 1180. The molecule has 0 aliphatic carbocycles. The standard InChI is InChI=1S/C29H43N3O4S/c1-8-27(29(34)30-19-21(2)3)31(20-25-12-9-11-22(4)17-25)28(33)13-10-16-32(37(7,35)36)26-15-14-23(5)24(6)18-26/h9,11-12,14-15,17-18,21,27H,8,10,13,16,19-20H2,1-7H3,(H,30,34)/t27-/m0/s1. The number of anilines is 1. The summed E-state index contributed by atoms with van der Waals surface area (Å²) in [4.78, 5) is 28.2. The van der Waals surface area contributed by atoms with Gasteiger partial charge in [-0.15, -0.1) is 0 Å². The zero-order chi connectivity index (χ0) is 27.8. The van der Waals surface area contributed by atoms with Crippen LogP contribution in [0.3, 0.4) is 0 Å². The molecule has 0 heterocycles. The Labute approximate surface area is 223 Å². The molecule has 0 bridgehead atoms. The Morgan fingerprint density at radius 1 is 1.00 bits per heavy atom. The van der Waals surface area contributed by atoms with Crippen LogP contribution in [0.5, 0.6) is 0 Å².